The van der Waals surface area contributed by atoms with Crippen molar-refractivity contribution in [3.05, 3.63) is 90.6 Å². The Bertz CT molecular complexity index is 1170. The first-order valence-corrected chi connectivity index (χ1v) is 11.6. The highest BCUT2D eigenvalue weighted by atomic mass is 15.2. The molecule has 3 aromatic heterocycles. The third kappa shape index (κ3) is 8.25. The minimum absolute atomic E-state index is 0.333. The van der Waals surface area contributed by atoms with E-state index in [2.05, 4.69) is 32.6 Å². The molecule has 0 saturated heterocycles. The average Bonchev–Trinajstić information content (AvgIpc) is 3.34. The topological polar surface area (TPSA) is 117 Å². The molecule has 0 bridgehead atoms. The molecule has 35 heavy (non-hydrogen) atoms. The molecule has 4 rings (SSSR count). The van der Waals surface area contributed by atoms with Crippen molar-refractivity contribution in [1.82, 2.24) is 25.1 Å². The summed E-state index contributed by atoms with van der Waals surface area (Å²) in [5, 5.41) is 19.8. The molecule has 1 atom stereocenters. The first-order valence-electron chi connectivity index (χ1n) is 11.6. The lowest BCUT2D eigenvalue weighted by Gasteiger charge is -2.13. The van der Waals surface area contributed by atoms with Crippen LogP contribution in [0.25, 0.3) is 11.1 Å². The van der Waals surface area contributed by atoms with Crippen LogP contribution in [0.4, 0.5) is 11.5 Å². The first-order chi connectivity index (χ1) is 17.1. The largest absolute Gasteiger partial charge is 0.382 e. The van der Waals surface area contributed by atoms with Crippen molar-refractivity contribution in [3.8, 4) is 17.2 Å². The molecule has 1 unspecified atom stereocenters. The van der Waals surface area contributed by atoms with Gasteiger partial charge in [-0.05, 0) is 36.6 Å². The van der Waals surface area contributed by atoms with E-state index in [4.69, 9.17) is 11.0 Å². The van der Waals surface area contributed by atoms with E-state index in [-0.39, 0.29) is 0 Å². The highest BCUT2D eigenvalue weighted by Gasteiger charge is 2.07. The third-order valence-electron chi connectivity index (χ3n) is 5.39. The highest BCUT2D eigenvalue weighted by Crippen LogP contribution is 2.24. The van der Waals surface area contributed by atoms with Gasteiger partial charge in [0.15, 0.2) is 0 Å². The molecule has 8 heteroatoms. The maximum atomic E-state index is 8.82. The van der Waals surface area contributed by atoms with E-state index < -0.39 is 0 Å². The molecule has 0 aliphatic rings. The summed E-state index contributed by atoms with van der Waals surface area (Å²) in [5.41, 5.74) is 10.4. The van der Waals surface area contributed by atoms with E-state index in [0.29, 0.717) is 17.4 Å². The molecule has 0 aliphatic heterocycles. The number of nitrogens with zero attached hydrogens (tertiary/aromatic N) is 5. The van der Waals surface area contributed by atoms with Crippen molar-refractivity contribution in [2.45, 2.75) is 19.3 Å². The zero-order chi connectivity index (χ0) is 24.9. The molecule has 0 saturated carbocycles. The summed E-state index contributed by atoms with van der Waals surface area (Å²) in [6.07, 6.45) is 8.25. The summed E-state index contributed by atoms with van der Waals surface area (Å²) in [7, 11) is 1.89. The van der Waals surface area contributed by atoms with E-state index >= 15 is 0 Å². The van der Waals surface area contributed by atoms with Crippen LogP contribution in [-0.2, 0) is 7.05 Å². The fourth-order valence-corrected chi connectivity index (χ4v) is 3.37. The molecule has 0 spiro atoms. The molecule has 0 radical (unpaired) electrons. The van der Waals surface area contributed by atoms with Crippen LogP contribution < -0.4 is 16.4 Å². The monoisotopic (exact) mass is 468 g/mol. The van der Waals surface area contributed by atoms with Gasteiger partial charge in [-0.2, -0.15) is 10.4 Å². The second-order valence-corrected chi connectivity index (χ2v) is 8.19. The Morgan fingerprint density at radius 3 is 2.34 bits per heavy atom. The van der Waals surface area contributed by atoms with Gasteiger partial charge in [0.2, 0.25) is 0 Å². The van der Waals surface area contributed by atoms with Gasteiger partial charge in [0.05, 0.1) is 11.9 Å². The number of rotatable bonds is 9. The summed E-state index contributed by atoms with van der Waals surface area (Å²) in [4.78, 5) is 8.41. The van der Waals surface area contributed by atoms with Gasteiger partial charge in [-0.15, -0.1) is 0 Å². The molecule has 0 fully saturated rings. The average molecular weight is 469 g/mol. The summed E-state index contributed by atoms with van der Waals surface area (Å²) < 4.78 is 1.76. The van der Waals surface area contributed by atoms with Gasteiger partial charge in [0.1, 0.15) is 17.6 Å². The van der Waals surface area contributed by atoms with Crippen molar-refractivity contribution in [3.63, 3.8) is 0 Å². The van der Waals surface area contributed by atoms with Gasteiger partial charge in [-0.25, -0.2) is 9.97 Å². The molecule has 4 aromatic rings. The van der Waals surface area contributed by atoms with Crippen LogP contribution in [0, 0.1) is 11.3 Å². The smallest absolute Gasteiger partial charge is 0.146 e. The molecular formula is C27H32N8. The fourth-order valence-electron chi connectivity index (χ4n) is 3.37. The quantitative estimate of drug-likeness (QED) is 0.315. The number of nitrogen functional groups attached to an aromatic ring is 1. The molecule has 180 valence electrons. The van der Waals surface area contributed by atoms with Crippen LogP contribution in [0.1, 0.15) is 30.5 Å². The summed E-state index contributed by atoms with van der Waals surface area (Å²) >= 11 is 0. The Balaban J connectivity index is 0.000000497. The second-order valence-electron chi connectivity index (χ2n) is 8.19. The van der Waals surface area contributed by atoms with Gasteiger partial charge in [0.25, 0.3) is 0 Å². The molecule has 0 amide bonds. The number of hydrogen-bond donors (Lipinski definition) is 3. The second kappa shape index (κ2) is 13.5. The van der Waals surface area contributed by atoms with Gasteiger partial charge in [-0.3, -0.25) is 4.68 Å². The Hall–Kier alpha value is -4.22. The van der Waals surface area contributed by atoms with Gasteiger partial charge < -0.3 is 16.4 Å². The van der Waals surface area contributed by atoms with Gasteiger partial charge in [0, 0.05) is 49.9 Å². The molecule has 8 nitrogen and oxygen atoms in total. The van der Waals surface area contributed by atoms with E-state index in [1.807, 2.05) is 74.0 Å². The summed E-state index contributed by atoms with van der Waals surface area (Å²) in [6.45, 7) is 4.68. The van der Waals surface area contributed by atoms with Crippen molar-refractivity contribution >= 4 is 11.5 Å². The molecule has 4 N–H and O–H groups in total. The van der Waals surface area contributed by atoms with E-state index in [9.17, 15) is 0 Å². The maximum Gasteiger partial charge on any atom is 0.146 e. The Morgan fingerprint density at radius 1 is 1.00 bits per heavy atom. The molecule has 1 aromatic carbocycles. The summed E-state index contributed by atoms with van der Waals surface area (Å²) in [5.74, 6) is 0.826. The van der Waals surface area contributed by atoms with Crippen molar-refractivity contribution in [2.75, 3.05) is 30.7 Å². The molecule has 3 heterocycles. The third-order valence-corrected chi connectivity index (χ3v) is 5.39. The zero-order valence-corrected chi connectivity index (χ0v) is 20.2. The Morgan fingerprint density at radius 2 is 1.74 bits per heavy atom. The van der Waals surface area contributed by atoms with Crippen LogP contribution in [0.5, 0.6) is 0 Å². The number of aromatic nitrogens is 4. The highest BCUT2D eigenvalue weighted by molar-refractivity contribution is 5.72. The SMILES string of the molecule is CC(CNCCCNc1cc(-c2cnn(C)c2)cnc1N)c1ccc(C#N)nc1.c1ccccc1. The number of pyridine rings is 2. The zero-order valence-electron chi connectivity index (χ0n) is 20.2. The number of nitriles is 1. The van der Waals surface area contributed by atoms with Crippen molar-refractivity contribution < 1.29 is 0 Å². The molecular weight excluding hydrogens is 436 g/mol. The predicted molar refractivity (Wildman–Crippen MR) is 141 cm³/mol. The standard InChI is InChI=1S/C21H26N8.C6H6/c1-15(16-4-5-19(9-22)26-11-16)10-24-6-3-7-25-20-8-17(12-27-21(20)23)18-13-28-29(2)14-18;1-2-4-6-5-3-1/h4-5,8,11-15,24-25H,3,6-7,10H2,1-2H3,(H2,23,27);1-6H. The van der Waals surface area contributed by atoms with Crippen LogP contribution in [0.2, 0.25) is 0 Å². The lowest BCUT2D eigenvalue weighted by molar-refractivity contribution is 0.602. The summed E-state index contributed by atoms with van der Waals surface area (Å²) in [6, 6.07) is 19.8. The van der Waals surface area contributed by atoms with Gasteiger partial charge in [-0.1, -0.05) is 49.4 Å². The lowest BCUT2D eigenvalue weighted by Crippen LogP contribution is -2.23. The van der Waals surface area contributed by atoms with Crippen LogP contribution in [-0.4, -0.2) is 39.4 Å². The first kappa shape index (κ1) is 25.4. The Kier molecular flexibility index (Phi) is 9.78. The van der Waals surface area contributed by atoms with Crippen molar-refractivity contribution in [2.24, 2.45) is 7.05 Å². The predicted octanol–water partition coefficient (Wildman–Crippen LogP) is 4.21. The minimum Gasteiger partial charge on any atom is -0.382 e. The van der Waals surface area contributed by atoms with Crippen LogP contribution in [0.3, 0.4) is 0 Å². The Labute approximate surface area is 206 Å². The number of nitrogens with one attached hydrogen (secondary N) is 2. The van der Waals surface area contributed by atoms with Crippen molar-refractivity contribution in [1.29, 1.82) is 5.26 Å². The van der Waals surface area contributed by atoms with E-state index in [0.717, 1.165) is 48.4 Å². The number of aryl methyl sites for hydroxylation is 1. The molecule has 0 aliphatic carbocycles. The normalized spacial score (nSPS) is 11.1. The fraction of sp³-hybridized carbons (Fsp3) is 0.259. The maximum absolute atomic E-state index is 8.82. The lowest BCUT2D eigenvalue weighted by atomic mass is 10.0. The van der Waals surface area contributed by atoms with Gasteiger partial charge >= 0.3 is 0 Å². The number of anilines is 2. The van der Waals surface area contributed by atoms with Crippen LogP contribution >= 0.6 is 0 Å². The van der Waals surface area contributed by atoms with Crippen LogP contribution in [0.15, 0.2) is 79.4 Å². The van der Waals surface area contributed by atoms with E-state index in [1.54, 1.807) is 23.1 Å². The number of hydrogen-bond acceptors (Lipinski definition) is 7. The minimum atomic E-state index is 0.333. The number of nitrogens with two attached hydrogens (primary N) is 1. The van der Waals surface area contributed by atoms with E-state index in [1.165, 1.54) is 0 Å². The number of benzene rings is 1.